The minimum atomic E-state index is -5.00. The van der Waals surface area contributed by atoms with Crippen molar-refractivity contribution in [3.63, 3.8) is 0 Å². The van der Waals surface area contributed by atoms with Gasteiger partial charge in [-0.05, 0) is 66.9 Å². The first-order chi connectivity index (χ1) is 18.9. The third kappa shape index (κ3) is 4.03. The van der Waals surface area contributed by atoms with Crippen molar-refractivity contribution in [2.45, 2.75) is 31.6 Å². The SMILES string of the molecule is Cc1cc(C(F)(F)F)cc(N2C(=O)c3ccc(C(C)(c4ccc5c(c4)C(=O)N(C)C5=O)C(F)(F)F)cc3C2=O)c1Cl. The number of rotatable bonds is 3. The van der Waals surface area contributed by atoms with Gasteiger partial charge >= 0.3 is 12.4 Å². The van der Waals surface area contributed by atoms with E-state index in [1.807, 2.05) is 0 Å². The number of aryl methyl sites for hydroxylation is 1. The number of hydrogen-bond donors (Lipinski definition) is 0. The van der Waals surface area contributed by atoms with Crippen LogP contribution in [0.25, 0.3) is 0 Å². The van der Waals surface area contributed by atoms with E-state index in [1.54, 1.807) is 0 Å². The Morgan fingerprint density at radius 3 is 1.63 bits per heavy atom. The van der Waals surface area contributed by atoms with Crippen LogP contribution >= 0.6 is 11.6 Å². The number of amides is 4. The first-order valence-electron chi connectivity index (χ1n) is 11.8. The quantitative estimate of drug-likeness (QED) is 0.254. The topological polar surface area (TPSA) is 74.8 Å². The van der Waals surface area contributed by atoms with Crippen LogP contribution in [0.2, 0.25) is 5.02 Å². The Bertz CT molecular complexity index is 1710. The van der Waals surface area contributed by atoms with Gasteiger partial charge in [0, 0.05) is 7.05 Å². The summed E-state index contributed by atoms with van der Waals surface area (Å²) < 4.78 is 84.6. The van der Waals surface area contributed by atoms with Crippen LogP contribution in [0.1, 0.15) is 70.6 Å². The molecule has 0 aromatic heterocycles. The van der Waals surface area contributed by atoms with E-state index in [0.717, 1.165) is 54.3 Å². The predicted octanol–water partition coefficient (Wildman–Crippen LogP) is 6.56. The van der Waals surface area contributed by atoms with Crippen molar-refractivity contribution in [3.05, 3.63) is 98.1 Å². The number of carbonyl (C=O) groups excluding carboxylic acids is 4. The molecular weight excluding hydrogens is 578 g/mol. The first kappa shape index (κ1) is 28.3. The van der Waals surface area contributed by atoms with Crippen LogP contribution in [0.3, 0.4) is 0 Å². The van der Waals surface area contributed by atoms with Gasteiger partial charge in [-0.3, -0.25) is 24.1 Å². The number of anilines is 1. The summed E-state index contributed by atoms with van der Waals surface area (Å²) in [6.07, 6.45) is -9.83. The van der Waals surface area contributed by atoms with Gasteiger partial charge in [0.05, 0.1) is 38.5 Å². The van der Waals surface area contributed by atoms with Crippen LogP contribution in [-0.4, -0.2) is 41.8 Å². The molecule has 212 valence electrons. The van der Waals surface area contributed by atoms with Crippen molar-refractivity contribution < 1.29 is 45.5 Å². The zero-order valence-corrected chi connectivity index (χ0v) is 22.0. The van der Waals surface area contributed by atoms with E-state index >= 15 is 0 Å². The Morgan fingerprint density at radius 2 is 1.12 bits per heavy atom. The fourth-order valence-corrected chi connectivity index (χ4v) is 5.21. The molecule has 0 saturated heterocycles. The van der Waals surface area contributed by atoms with E-state index < -0.39 is 69.3 Å². The molecule has 3 aromatic rings. The fourth-order valence-electron chi connectivity index (χ4n) is 5.01. The zero-order chi connectivity index (χ0) is 30.4. The fraction of sp³-hybridized carbons (Fsp3) is 0.214. The van der Waals surface area contributed by atoms with Crippen molar-refractivity contribution in [2.24, 2.45) is 0 Å². The second kappa shape index (κ2) is 8.90. The average molecular weight is 595 g/mol. The zero-order valence-electron chi connectivity index (χ0n) is 21.3. The Balaban J connectivity index is 1.64. The molecular formula is C28H17ClF6N2O4. The molecule has 6 nitrogen and oxygen atoms in total. The molecule has 2 aliphatic rings. The number of fused-ring (bicyclic) bond motifs is 2. The van der Waals surface area contributed by atoms with Crippen molar-refractivity contribution in [3.8, 4) is 0 Å². The van der Waals surface area contributed by atoms with Gasteiger partial charge in [0.1, 0.15) is 5.41 Å². The summed E-state index contributed by atoms with van der Waals surface area (Å²) in [7, 11) is 1.19. The second-order valence-corrected chi connectivity index (χ2v) is 10.3. The number of benzene rings is 3. The van der Waals surface area contributed by atoms with Gasteiger partial charge in [0.25, 0.3) is 23.6 Å². The summed E-state index contributed by atoms with van der Waals surface area (Å²) in [5.74, 6) is -3.67. The molecule has 0 spiro atoms. The van der Waals surface area contributed by atoms with Crippen LogP contribution in [0.4, 0.5) is 32.0 Å². The van der Waals surface area contributed by atoms with E-state index in [4.69, 9.17) is 11.6 Å². The van der Waals surface area contributed by atoms with Gasteiger partial charge < -0.3 is 0 Å². The molecule has 0 radical (unpaired) electrons. The molecule has 41 heavy (non-hydrogen) atoms. The maximum Gasteiger partial charge on any atom is 0.416 e. The molecule has 0 bridgehead atoms. The van der Waals surface area contributed by atoms with E-state index in [2.05, 4.69) is 0 Å². The first-order valence-corrected chi connectivity index (χ1v) is 12.2. The maximum absolute atomic E-state index is 14.8. The van der Waals surface area contributed by atoms with Crippen LogP contribution < -0.4 is 4.90 Å². The van der Waals surface area contributed by atoms with Crippen LogP contribution in [0, 0.1) is 6.92 Å². The molecule has 0 fully saturated rings. The van der Waals surface area contributed by atoms with Gasteiger partial charge in [0.15, 0.2) is 0 Å². The minimum absolute atomic E-state index is 0.0654. The van der Waals surface area contributed by atoms with Crippen molar-refractivity contribution >= 4 is 40.9 Å². The lowest BCUT2D eigenvalue weighted by Gasteiger charge is -2.33. The van der Waals surface area contributed by atoms with Crippen molar-refractivity contribution in [1.29, 1.82) is 0 Å². The number of carbonyl (C=O) groups is 4. The van der Waals surface area contributed by atoms with Crippen molar-refractivity contribution in [2.75, 3.05) is 11.9 Å². The van der Waals surface area contributed by atoms with E-state index in [-0.39, 0.29) is 27.3 Å². The summed E-state index contributed by atoms with van der Waals surface area (Å²) in [6.45, 7) is 2.06. The number of nitrogens with zero attached hydrogens (tertiary/aromatic N) is 2. The molecule has 1 atom stereocenters. The molecule has 3 aromatic carbocycles. The molecule has 2 heterocycles. The van der Waals surface area contributed by atoms with Gasteiger partial charge in [-0.25, -0.2) is 4.90 Å². The predicted molar refractivity (Wildman–Crippen MR) is 134 cm³/mol. The summed E-state index contributed by atoms with van der Waals surface area (Å²) in [4.78, 5) is 52.4. The molecule has 2 aliphatic heterocycles. The molecule has 0 N–H and O–H groups in total. The lowest BCUT2D eigenvalue weighted by molar-refractivity contribution is -0.173. The second-order valence-electron chi connectivity index (χ2n) is 9.88. The lowest BCUT2D eigenvalue weighted by Crippen LogP contribution is -2.41. The summed E-state index contributed by atoms with van der Waals surface area (Å²) >= 11 is 6.17. The Labute approximate surface area is 233 Å². The van der Waals surface area contributed by atoms with Gasteiger partial charge in [-0.1, -0.05) is 23.7 Å². The van der Waals surface area contributed by atoms with Crippen molar-refractivity contribution in [1.82, 2.24) is 4.90 Å². The number of halogens is 7. The third-order valence-corrected chi connectivity index (χ3v) is 7.99. The van der Waals surface area contributed by atoms with Gasteiger partial charge in [0.2, 0.25) is 0 Å². The highest BCUT2D eigenvalue weighted by atomic mass is 35.5. The average Bonchev–Trinajstić information content (AvgIpc) is 3.27. The molecule has 13 heteroatoms. The summed E-state index contributed by atoms with van der Waals surface area (Å²) in [5.41, 5.74) is -6.62. The number of alkyl halides is 6. The number of imide groups is 2. The van der Waals surface area contributed by atoms with E-state index in [1.165, 1.54) is 14.0 Å². The molecule has 4 amide bonds. The molecule has 1 unspecified atom stereocenters. The van der Waals surface area contributed by atoms with Crippen LogP contribution in [0.15, 0.2) is 48.5 Å². The van der Waals surface area contributed by atoms with Gasteiger partial charge in [-0.2, -0.15) is 26.3 Å². The minimum Gasteiger partial charge on any atom is -0.277 e. The largest absolute Gasteiger partial charge is 0.416 e. The monoisotopic (exact) mass is 594 g/mol. The Kier molecular flexibility index (Phi) is 6.16. The highest BCUT2D eigenvalue weighted by Crippen LogP contribution is 2.48. The Hall–Kier alpha value is -4.19. The van der Waals surface area contributed by atoms with Crippen LogP contribution in [0.5, 0.6) is 0 Å². The standard InChI is InChI=1S/C28H17ClF6N2O4/c1-12-8-15(27(30,31)32)11-20(21(12)29)37-24(40)17-7-5-14(10-19(17)25(37)41)26(2,28(33,34)35)13-4-6-16-18(9-13)23(39)36(3)22(16)38/h4-11H,1-3H3. The highest BCUT2D eigenvalue weighted by Gasteiger charge is 2.55. The van der Waals surface area contributed by atoms with Gasteiger partial charge in [-0.15, -0.1) is 0 Å². The molecule has 5 rings (SSSR count). The smallest absolute Gasteiger partial charge is 0.277 e. The molecule has 0 aliphatic carbocycles. The highest BCUT2D eigenvalue weighted by molar-refractivity contribution is 6.40. The normalized spacial score (nSPS) is 16.8. The summed E-state index contributed by atoms with van der Waals surface area (Å²) in [5, 5.41) is -0.310. The lowest BCUT2D eigenvalue weighted by atomic mass is 9.74. The van der Waals surface area contributed by atoms with Crippen LogP contribution in [-0.2, 0) is 11.6 Å². The summed E-state index contributed by atoms with van der Waals surface area (Å²) in [6, 6.07) is 7.20. The molecule has 0 saturated carbocycles. The van der Waals surface area contributed by atoms with E-state index in [9.17, 15) is 45.5 Å². The van der Waals surface area contributed by atoms with E-state index in [0.29, 0.717) is 11.0 Å². The maximum atomic E-state index is 14.8. The Morgan fingerprint density at radius 1 is 0.659 bits per heavy atom. The third-order valence-electron chi connectivity index (χ3n) is 7.50. The number of hydrogen-bond acceptors (Lipinski definition) is 4.